The Morgan fingerprint density at radius 2 is 1.38 bits per heavy atom. The van der Waals surface area contributed by atoms with E-state index in [4.69, 9.17) is 5.73 Å². The summed E-state index contributed by atoms with van der Waals surface area (Å²) in [5.74, 6) is 0. The average molecular weight is 352 g/mol. The van der Waals surface area contributed by atoms with Crippen LogP contribution in [0.4, 0.5) is 5.69 Å². The first kappa shape index (κ1) is 23.7. The SMILES string of the molecule is C=Cc1ccc(C(=C)c2cc(CC)c(CC)cc2N)cc1.CC.CCC. The van der Waals surface area contributed by atoms with E-state index in [1.54, 1.807) is 0 Å². The lowest BCUT2D eigenvalue weighted by Gasteiger charge is -2.15. The van der Waals surface area contributed by atoms with Crippen LogP contribution in [0.15, 0.2) is 49.6 Å². The van der Waals surface area contributed by atoms with Crippen molar-refractivity contribution in [2.75, 3.05) is 5.73 Å². The minimum absolute atomic E-state index is 0.807. The zero-order chi connectivity index (χ0) is 20.1. The van der Waals surface area contributed by atoms with E-state index in [9.17, 15) is 0 Å². The monoisotopic (exact) mass is 351 g/mol. The van der Waals surface area contributed by atoms with E-state index in [-0.39, 0.29) is 0 Å². The lowest BCUT2D eigenvalue weighted by Crippen LogP contribution is -2.00. The summed E-state index contributed by atoms with van der Waals surface area (Å²) in [4.78, 5) is 0. The number of benzene rings is 2. The van der Waals surface area contributed by atoms with Gasteiger partial charge in [-0.25, -0.2) is 0 Å². The second-order valence-electron chi connectivity index (χ2n) is 5.93. The lowest BCUT2D eigenvalue weighted by molar-refractivity contribution is 1.04. The van der Waals surface area contributed by atoms with Crippen LogP contribution in [0.1, 0.15) is 75.8 Å². The van der Waals surface area contributed by atoms with Gasteiger partial charge >= 0.3 is 0 Å². The van der Waals surface area contributed by atoms with Gasteiger partial charge in [0, 0.05) is 11.3 Å². The molecule has 0 radical (unpaired) electrons. The van der Waals surface area contributed by atoms with Gasteiger partial charge in [-0.3, -0.25) is 0 Å². The van der Waals surface area contributed by atoms with Crippen LogP contribution in [0.25, 0.3) is 11.6 Å². The van der Waals surface area contributed by atoms with E-state index in [0.717, 1.165) is 40.8 Å². The number of rotatable bonds is 5. The van der Waals surface area contributed by atoms with Gasteiger partial charge in [0.2, 0.25) is 0 Å². The van der Waals surface area contributed by atoms with Crippen molar-refractivity contribution in [2.45, 2.75) is 60.8 Å². The molecule has 0 aromatic heterocycles. The zero-order valence-corrected chi connectivity index (χ0v) is 17.7. The van der Waals surface area contributed by atoms with Crippen LogP contribution in [0.5, 0.6) is 0 Å². The second kappa shape index (κ2) is 13.0. The van der Waals surface area contributed by atoms with Crippen LogP contribution in [0, 0.1) is 0 Å². The van der Waals surface area contributed by atoms with Crippen LogP contribution >= 0.6 is 0 Å². The summed E-state index contributed by atoms with van der Waals surface area (Å²) in [5, 5.41) is 0. The Kier molecular flexibility index (Phi) is 11.9. The molecule has 0 atom stereocenters. The zero-order valence-electron chi connectivity index (χ0n) is 17.7. The van der Waals surface area contributed by atoms with Gasteiger partial charge in [0.15, 0.2) is 0 Å². The number of anilines is 1. The molecule has 0 saturated heterocycles. The summed E-state index contributed by atoms with van der Waals surface area (Å²) in [6.07, 6.45) is 5.11. The summed E-state index contributed by atoms with van der Waals surface area (Å²) in [7, 11) is 0. The molecule has 2 aromatic rings. The number of nitrogen functional groups attached to an aromatic ring is 1. The predicted molar refractivity (Wildman–Crippen MR) is 122 cm³/mol. The van der Waals surface area contributed by atoms with Crippen molar-refractivity contribution in [3.63, 3.8) is 0 Å². The number of nitrogens with two attached hydrogens (primary N) is 1. The molecule has 0 amide bonds. The Morgan fingerprint density at radius 3 is 1.81 bits per heavy atom. The molecule has 142 valence electrons. The fourth-order valence-corrected chi connectivity index (χ4v) is 2.60. The van der Waals surface area contributed by atoms with Crippen molar-refractivity contribution in [1.29, 1.82) is 0 Å². The van der Waals surface area contributed by atoms with E-state index in [2.05, 4.69) is 65.1 Å². The Bertz CT molecular complexity index is 678. The molecule has 0 aliphatic carbocycles. The normalized spacial score (nSPS) is 9.31. The van der Waals surface area contributed by atoms with Crippen LogP contribution in [-0.2, 0) is 12.8 Å². The van der Waals surface area contributed by atoms with Crippen molar-refractivity contribution >= 4 is 17.3 Å². The van der Waals surface area contributed by atoms with Crippen molar-refractivity contribution < 1.29 is 0 Å². The number of aryl methyl sites for hydroxylation is 2. The molecular formula is C25H37N. The minimum Gasteiger partial charge on any atom is -0.398 e. The molecule has 26 heavy (non-hydrogen) atoms. The first-order chi connectivity index (χ1) is 12.5. The molecule has 0 aliphatic heterocycles. The summed E-state index contributed by atoms with van der Waals surface area (Å²) < 4.78 is 0. The summed E-state index contributed by atoms with van der Waals surface area (Å²) >= 11 is 0. The quantitative estimate of drug-likeness (QED) is 0.553. The fraction of sp³-hybridized carbons (Fsp3) is 0.360. The van der Waals surface area contributed by atoms with Gasteiger partial charge in [0.05, 0.1) is 0 Å². The van der Waals surface area contributed by atoms with Gasteiger partial charge in [-0.15, -0.1) is 0 Å². The maximum atomic E-state index is 6.24. The maximum Gasteiger partial charge on any atom is 0.0396 e. The topological polar surface area (TPSA) is 26.0 Å². The smallest absolute Gasteiger partial charge is 0.0396 e. The van der Waals surface area contributed by atoms with Crippen LogP contribution in [0.2, 0.25) is 0 Å². The van der Waals surface area contributed by atoms with Crippen LogP contribution < -0.4 is 5.73 Å². The Balaban J connectivity index is 0.00000113. The van der Waals surface area contributed by atoms with E-state index in [0.29, 0.717) is 0 Å². The first-order valence-electron chi connectivity index (χ1n) is 9.85. The van der Waals surface area contributed by atoms with E-state index in [1.165, 1.54) is 17.5 Å². The van der Waals surface area contributed by atoms with Crippen LogP contribution in [-0.4, -0.2) is 0 Å². The Labute approximate surface area is 161 Å². The standard InChI is InChI=1S/C20H23N.C3H8.C2H6/c1-5-15-8-10-18(11-9-15)14(4)19-12-16(6-2)17(7-3)13-20(19)21;1-3-2;1-2/h5,8-13H,1,4,6-7,21H2,2-3H3;3H2,1-2H3;1-2H3. The Hall–Kier alpha value is -2.28. The van der Waals surface area contributed by atoms with Gasteiger partial charge < -0.3 is 5.73 Å². The Morgan fingerprint density at radius 1 is 0.923 bits per heavy atom. The molecule has 0 saturated carbocycles. The molecule has 0 fully saturated rings. The molecule has 0 spiro atoms. The molecular weight excluding hydrogens is 314 g/mol. The largest absolute Gasteiger partial charge is 0.398 e. The molecule has 0 heterocycles. The third-order valence-corrected chi connectivity index (χ3v) is 3.95. The lowest BCUT2D eigenvalue weighted by atomic mass is 9.92. The summed E-state index contributed by atoms with van der Waals surface area (Å²) in [6, 6.07) is 12.5. The van der Waals surface area contributed by atoms with Gasteiger partial charge in [0.1, 0.15) is 0 Å². The van der Waals surface area contributed by atoms with Crippen molar-refractivity contribution in [3.05, 3.63) is 77.4 Å². The highest BCUT2D eigenvalue weighted by molar-refractivity contribution is 5.85. The molecule has 2 rings (SSSR count). The van der Waals surface area contributed by atoms with Gasteiger partial charge in [-0.1, -0.05) is 91.5 Å². The summed E-state index contributed by atoms with van der Waals surface area (Å²) in [6.45, 7) is 20.6. The van der Waals surface area contributed by atoms with E-state index >= 15 is 0 Å². The molecule has 1 nitrogen and oxygen atoms in total. The third-order valence-electron chi connectivity index (χ3n) is 3.95. The average Bonchev–Trinajstić information content (AvgIpc) is 2.69. The molecule has 2 N–H and O–H groups in total. The predicted octanol–water partition coefficient (Wildman–Crippen LogP) is 7.54. The van der Waals surface area contributed by atoms with E-state index < -0.39 is 0 Å². The van der Waals surface area contributed by atoms with E-state index in [1.807, 2.05) is 32.1 Å². The second-order valence-corrected chi connectivity index (χ2v) is 5.93. The first-order valence-corrected chi connectivity index (χ1v) is 9.85. The highest BCUT2D eigenvalue weighted by atomic mass is 14.6. The minimum atomic E-state index is 0.807. The maximum absolute atomic E-state index is 6.24. The highest BCUT2D eigenvalue weighted by Gasteiger charge is 2.10. The van der Waals surface area contributed by atoms with Crippen molar-refractivity contribution in [2.24, 2.45) is 0 Å². The number of hydrogen-bond acceptors (Lipinski definition) is 1. The molecule has 0 unspecified atom stereocenters. The van der Waals surface area contributed by atoms with Crippen LogP contribution in [0.3, 0.4) is 0 Å². The van der Waals surface area contributed by atoms with Crippen molar-refractivity contribution in [3.8, 4) is 0 Å². The third kappa shape index (κ3) is 6.55. The molecule has 1 heteroatoms. The van der Waals surface area contributed by atoms with Gasteiger partial charge in [0.25, 0.3) is 0 Å². The van der Waals surface area contributed by atoms with Gasteiger partial charge in [-0.2, -0.15) is 0 Å². The highest BCUT2D eigenvalue weighted by Crippen LogP contribution is 2.30. The fourth-order valence-electron chi connectivity index (χ4n) is 2.60. The molecule has 2 aromatic carbocycles. The van der Waals surface area contributed by atoms with Gasteiger partial charge in [-0.05, 0) is 52.8 Å². The van der Waals surface area contributed by atoms with Crippen molar-refractivity contribution in [1.82, 2.24) is 0 Å². The molecule has 0 aliphatic rings. The molecule has 0 bridgehead atoms. The number of hydrogen-bond donors (Lipinski definition) is 1. The summed E-state index contributed by atoms with van der Waals surface area (Å²) in [5.41, 5.74) is 13.9.